The summed E-state index contributed by atoms with van der Waals surface area (Å²) >= 11 is 0. The zero-order chi connectivity index (χ0) is 10.4. The van der Waals surface area contributed by atoms with E-state index in [-0.39, 0.29) is 0 Å². The normalized spacial score (nSPS) is 9.86. The van der Waals surface area contributed by atoms with E-state index >= 15 is 0 Å². The van der Waals surface area contributed by atoms with Crippen LogP contribution in [0.15, 0.2) is 30.9 Å². The van der Waals surface area contributed by atoms with Crippen LogP contribution in [0.5, 0.6) is 0 Å². The van der Waals surface area contributed by atoms with E-state index in [0.717, 1.165) is 19.4 Å². The Morgan fingerprint density at radius 3 is 2.86 bits per heavy atom. The summed E-state index contributed by atoms with van der Waals surface area (Å²) in [6, 6.07) is 6.37. The van der Waals surface area contributed by atoms with Gasteiger partial charge in [-0.2, -0.15) is 0 Å². The van der Waals surface area contributed by atoms with Gasteiger partial charge in [0.2, 0.25) is 0 Å². The van der Waals surface area contributed by atoms with Crippen LogP contribution in [0.4, 0.5) is 5.69 Å². The molecule has 0 amide bonds. The minimum absolute atomic E-state index is 1.02. The summed E-state index contributed by atoms with van der Waals surface area (Å²) in [7, 11) is 0. The van der Waals surface area contributed by atoms with Crippen LogP contribution in [0.25, 0.3) is 0 Å². The predicted molar refractivity (Wildman–Crippen MR) is 63.8 cm³/mol. The van der Waals surface area contributed by atoms with Crippen molar-refractivity contribution in [3.8, 4) is 0 Å². The smallest absolute Gasteiger partial charge is 0.0372 e. The first-order chi connectivity index (χ1) is 6.75. The van der Waals surface area contributed by atoms with E-state index in [2.05, 4.69) is 43.9 Å². The number of unbranched alkanes of at least 4 members (excludes halogenated alkanes) is 1. The van der Waals surface area contributed by atoms with Crippen molar-refractivity contribution in [3.63, 3.8) is 0 Å². The highest BCUT2D eigenvalue weighted by molar-refractivity contribution is 5.53. The predicted octanol–water partition coefficient (Wildman–Crippen LogP) is 3.68. The summed E-state index contributed by atoms with van der Waals surface area (Å²) in [5.41, 5.74) is 3.96. The van der Waals surface area contributed by atoms with Crippen molar-refractivity contribution in [1.82, 2.24) is 0 Å². The number of benzene rings is 1. The van der Waals surface area contributed by atoms with Gasteiger partial charge in [0, 0.05) is 12.2 Å². The Morgan fingerprint density at radius 2 is 2.14 bits per heavy atom. The maximum atomic E-state index is 3.71. The van der Waals surface area contributed by atoms with Gasteiger partial charge in [-0.25, -0.2) is 0 Å². The molecule has 76 valence electrons. The molecule has 0 bridgehead atoms. The zero-order valence-electron chi connectivity index (χ0n) is 9.14. The topological polar surface area (TPSA) is 12.0 Å². The molecule has 1 aromatic carbocycles. The van der Waals surface area contributed by atoms with E-state index in [1.54, 1.807) is 0 Å². The van der Waals surface area contributed by atoms with Crippen molar-refractivity contribution in [2.24, 2.45) is 0 Å². The summed E-state index contributed by atoms with van der Waals surface area (Å²) < 4.78 is 0. The largest absolute Gasteiger partial charge is 0.385 e. The average Bonchev–Trinajstić information content (AvgIpc) is 2.19. The zero-order valence-corrected chi connectivity index (χ0v) is 9.14. The first kappa shape index (κ1) is 10.8. The number of anilines is 1. The van der Waals surface area contributed by atoms with E-state index in [0.29, 0.717) is 0 Å². The number of rotatable bonds is 5. The molecule has 0 aliphatic heterocycles. The molecule has 0 spiro atoms. The fourth-order valence-corrected chi connectivity index (χ4v) is 1.41. The Labute approximate surface area is 86.8 Å². The standard InChI is InChI=1S/C13H19N/c1-4-5-6-10-14-13-9-7-8-11(2)12(13)3/h4,7-9,14H,1,5-6,10H2,2-3H3. The molecule has 0 aromatic heterocycles. The minimum Gasteiger partial charge on any atom is -0.385 e. The van der Waals surface area contributed by atoms with Gasteiger partial charge in [-0.3, -0.25) is 0 Å². The monoisotopic (exact) mass is 189 g/mol. The highest BCUT2D eigenvalue weighted by Crippen LogP contribution is 2.17. The van der Waals surface area contributed by atoms with Gasteiger partial charge in [-0.05, 0) is 43.9 Å². The van der Waals surface area contributed by atoms with Gasteiger partial charge in [-0.1, -0.05) is 18.2 Å². The van der Waals surface area contributed by atoms with Gasteiger partial charge in [0.1, 0.15) is 0 Å². The van der Waals surface area contributed by atoms with E-state index in [9.17, 15) is 0 Å². The van der Waals surface area contributed by atoms with Crippen molar-refractivity contribution < 1.29 is 0 Å². The lowest BCUT2D eigenvalue weighted by Crippen LogP contribution is -2.03. The Morgan fingerprint density at radius 1 is 1.36 bits per heavy atom. The van der Waals surface area contributed by atoms with Gasteiger partial charge in [0.15, 0.2) is 0 Å². The van der Waals surface area contributed by atoms with Crippen LogP contribution < -0.4 is 5.32 Å². The van der Waals surface area contributed by atoms with Crippen molar-refractivity contribution in [3.05, 3.63) is 42.0 Å². The second-order valence-electron chi connectivity index (χ2n) is 3.61. The van der Waals surface area contributed by atoms with Gasteiger partial charge in [0.25, 0.3) is 0 Å². The molecule has 1 nitrogen and oxygen atoms in total. The molecule has 14 heavy (non-hydrogen) atoms. The molecule has 1 heteroatoms. The molecular weight excluding hydrogens is 170 g/mol. The van der Waals surface area contributed by atoms with Gasteiger partial charge in [0.05, 0.1) is 0 Å². The molecule has 0 saturated carbocycles. The number of allylic oxidation sites excluding steroid dienone is 1. The van der Waals surface area contributed by atoms with Crippen LogP contribution in [0.1, 0.15) is 24.0 Å². The molecule has 0 unspecified atom stereocenters. The average molecular weight is 189 g/mol. The Balaban J connectivity index is 2.50. The molecule has 1 rings (SSSR count). The van der Waals surface area contributed by atoms with Crippen molar-refractivity contribution in [2.75, 3.05) is 11.9 Å². The van der Waals surface area contributed by atoms with E-state index in [1.165, 1.54) is 16.8 Å². The van der Waals surface area contributed by atoms with Crippen LogP contribution in [0.3, 0.4) is 0 Å². The van der Waals surface area contributed by atoms with E-state index in [4.69, 9.17) is 0 Å². The third kappa shape index (κ3) is 2.91. The summed E-state index contributed by atoms with van der Waals surface area (Å²) in [5, 5.41) is 3.44. The summed E-state index contributed by atoms with van der Waals surface area (Å²) in [6.07, 6.45) is 4.19. The Bertz CT molecular complexity index is 302. The highest BCUT2D eigenvalue weighted by atomic mass is 14.9. The lowest BCUT2D eigenvalue weighted by Gasteiger charge is -2.10. The third-order valence-electron chi connectivity index (χ3n) is 2.51. The van der Waals surface area contributed by atoms with Gasteiger partial charge >= 0.3 is 0 Å². The lowest BCUT2D eigenvalue weighted by atomic mass is 10.1. The molecule has 0 heterocycles. The number of aryl methyl sites for hydroxylation is 1. The lowest BCUT2D eigenvalue weighted by molar-refractivity contribution is 0.889. The number of hydrogen-bond donors (Lipinski definition) is 1. The molecule has 1 N–H and O–H groups in total. The quantitative estimate of drug-likeness (QED) is 0.550. The molecule has 0 atom stereocenters. The molecule has 0 aliphatic carbocycles. The van der Waals surface area contributed by atoms with Crippen LogP contribution >= 0.6 is 0 Å². The molecular formula is C13H19N. The molecule has 0 radical (unpaired) electrons. The number of nitrogens with one attached hydrogen (secondary N) is 1. The van der Waals surface area contributed by atoms with Crippen LogP contribution in [0, 0.1) is 13.8 Å². The molecule has 0 saturated heterocycles. The second-order valence-corrected chi connectivity index (χ2v) is 3.61. The SMILES string of the molecule is C=CCCCNc1cccc(C)c1C. The van der Waals surface area contributed by atoms with E-state index < -0.39 is 0 Å². The van der Waals surface area contributed by atoms with Crippen LogP contribution in [-0.2, 0) is 0 Å². The maximum Gasteiger partial charge on any atom is 0.0372 e. The van der Waals surface area contributed by atoms with E-state index in [1.807, 2.05) is 6.08 Å². The van der Waals surface area contributed by atoms with Gasteiger partial charge < -0.3 is 5.32 Å². The summed E-state index contributed by atoms with van der Waals surface area (Å²) in [4.78, 5) is 0. The molecule has 0 aliphatic rings. The van der Waals surface area contributed by atoms with Crippen molar-refractivity contribution in [1.29, 1.82) is 0 Å². The first-order valence-corrected chi connectivity index (χ1v) is 5.16. The molecule has 1 aromatic rings. The Hall–Kier alpha value is -1.24. The van der Waals surface area contributed by atoms with Crippen LogP contribution in [-0.4, -0.2) is 6.54 Å². The van der Waals surface area contributed by atoms with Crippen LogP contribution in [0.2, 0.25) is 0 Å². The third-order valence-corrected chi connectivity index (χ3v) is 2.51. The summed E-state index contributed by atoms with van der Waals surface area (Å²) in [5.74, 6) is 0. The highest BCUT2D eigenvalue weighted by Gasteiger charge is 1.98. The number of hydrogen-bond acceptors (Lipinski definition) is 1. The minimum atomic E-state index is 1.02. The van der Waals surface area contributed by atoms with Gasteiger partial charge in [-0.15, -0.1) is 6.58 Å². The maximum absolute atomic E-state index is 3.71. The summed E-state index contributed by atoms with van der Waals surface area (Å²) in [6.45, 7) is 9.03. The van der Waals surface area contributed by atoms with Crippen molar-refractivity contribution in [2.45, 2.75) is 26.7 Å². The molecule has 0 fully saturated rings. The fourth-order valence-electron chi connectivity index (χ4n) is 1.41. The second kappa shape index (κ2) is 5.48. The Kier molecular flexibility index (Phi) is 4.24. The fraction of sp³-hybridized carbons (Fsp3) is 0.385. The first-order valence-electron chi connectivity index (χ1n) is 5.16. The van der Waals surface area contributed by atoms with Crippen molar-refractivity contribution >= 4 is 5.69 Å².